The number of nitrogens with zero attached hydrogens (tertiary/aromatic N) is 1. The number of hydrogen-bond donors (Lipinski definition) is 2. The first-order valence-electron chi connectivity index (χ1n) is 9.87. The molecule has 32 heavy (non-hydrogen) atoms. The Labute approximate surface area is 201 Å². The number of halogens is 2. The van der Waals surface area contributed by atoms with Crippen molar-refractivity contribution in [1.29, 1.82) is 0 Å². The molecule has 1 aliphatic rings. The van der Waals surface area contributed by atoms with Crippen molar-refractivity contribution >= 4 is 50.5 Å². The van der Waals surface area contributed by atoms with E-state index in [1.165, 1.54) is 18.6 Å². The van der Waals surface area contributed by atoms with Gasteiger partial charge in [-0.15, -0.1) is 11.3 Å². The predicted octanol–water partition coefficient (Wildman–Crippen LogP) is 3.02. The Morgan fingerprint density at radius 3 is 2.66 bits per heavy atom. The Morgan fingerprint density at radius 1 is 1.28 bits per heavy atom. The smallest absolute Gasteiger partial charge is 0.349 e. The third kappa shape index (κ3) is 6.57. The summed E-state index contributed by atoms with van der Waals surface area (Å²) >= 11 is 12.9. The molecule has 0 saturated carbocycles. The van der Waals surface area contributed by atoms with Gasteiger partial charge in [0.15, 0.2) is 0 Å². The van der Waals surface area contributed by atoms with E-state index < -0.39 is 22.1 Å². The molecule has 2 N–H and O–H groups in total. The van der Waals surface area contributed by atoms with E-state index in [4.69, 9.17) is 27.9 Å². The van der Waals surface area contributed by atoms with E-state index in [-0.39, 0.29) is 22.4 Å². The summed E-state index contributed by atoms with van der Waals surface area (Å²) in [4.78, 5) is 13.6. The van der Waals surface area contributed by atoms with Crippen molar-refractivity contribution in [2.45, 2.75) is 29.9 Å². The molecule has 3 rings (SSSR count). The molecule has 0 radical (unpaired) electrons. The molecular weight excluding hydrogens is 499 g/mol. The number of β-amino-alcohol motifs (C(OH)–C–C–N with tert-alkyl or cyclic N) is 1. The second kappa shape index (κ2) is 11.1. The van der Waals surface area contributed by atoms with Crippen molar-refractivity contribution in [3.8, 4) is 5.75 Å². The molecule has 176 valence electrons. The first kappa shape index (κ1) is 25.2. The van der Waals surface area contributed by atoms with Crippen LogP contribution in [0.2, 0.25) is 10.0 Å². The molecule has 0 spiro atoms. The van der Waals surface area contributed by atoms with E-state index in [2.05, 4.69) is 14.4 Å². The number of piperidine rings is 1. The molecular formula is C20H24Cl2N2O6S2. The largest absolute Gasteiger partial charge is 0.490 e. The molecule has 0 aliphatic carbocycles. The number of hydrogen-bond acceptors (Lipinski definition) is 8. The summed E-state index contributed by atoms with van der Waals surface area (Å²) in [5.74, 6) is -0.0565. The van der Waals surface area contributed by atoms with E-state index in [9.17, 15) is 18.3 Å². The van der Waals surface area contributed by atoms with Gasteiger partial charge in [0.05, 0.1) is 23.3 Å². The highest BCUT2D eigenvalue weighted by molar-refractivity contribution is 7.89. The van der Waals surface area contributed by atoms with Gasteiger partial charge < -0.3 is 19.5 Å². The van der Waals surface area contributed by atoms with Crippen LogP contribution in [-0.4, -0.2) is 69.9 Å². The molecule has 1 saturated heterocycles. The van der Waals surface area contributed by atoms with Gasteiger partial charge >= 0.3 is 5.97 Å². The number of aliphatic hydroxyl groups excluding tert-OH is 1. The lowest BCUT2D eigenvalue weighted by Gasteiger charge is -2.33. The Morgan fingerprint density at radius 2 is 2.00 bits per heavy atom. The van der Waals surface area contributed by atoms with Gasteiger partial charge in [0.25, 0.3) is 0 Å². The summed E-state index contributed by atoms with van der Waals surface area (Å²) < 4.78 is 38.0. The molecule has 1 aliphatic heterocycles. The summed E-state index contributed by atoms with van der Waals surface area (Å²) in [6.45, 7) is 1.55. The monoisotopic (exact) mass is 522 g/mol. The van der Waals surface area contributed by atoms with Crippen LogP contribution in [0.4, 0.5) is 0 Å². The number of methoxy groups -OCH3 is 1. The highest BCUT2D eigenvalue weighted by atomic mass is 35.5. The minimum absolute atomic E-state index is 0.00135. The average molecular weight is 523 g/mol. The fourth-order valence-electron chi connectivity index (χ4n) is 3.35. The van der Waals surface area contributed by atoms with Crippen LogP contribution >= 0.6 is 34.5 Å². The fourth-order valence-corrected chi connectivity index (χ4v) is 6.04. The van der Waals surface area contributed by atoms with Gasteiger partial charge in [-0.1, -0.05) is 23.2 Å². The molecule has 12 heteroatoms. The number of benzene rings is 1. The molecule has 1 fully saturated rings. The van der Waals surface area contributed by atoms with Gasteiger partial charge in [0, 0.05) is 32.2 Å². The van der Waals surface area contributed by atoms with Crippen LogP contribution in [0.1, 0.15) is 22.5 Å². The molecule has 1 aromatic carbocycles. The maximum absolute atomic E-state index is 12.5. The molecule has 0 amide bonds. The lowest BCUT2D eigenvalue weighted by Crippen LogP contribution is -2.45. The zero-order valence-corrected chi connectivity index (χ0v) is 20.4. The third-order valence-electron chi connectivity index (χ3n) is 5.00. The normalized spacial score (nSPS) is 16.6. The predicted molar refractivity (Wildman–Crippen MR) is 123 cm³/mol. The zero-order valence-electron chi connectivity index (χ0n) is 17.3. The van der Waals surface area contributed by atoms with E-state index in [1.807, 2.05) is 0 Å². The van der Waals surface area contributed by atoms with Gasteiger partial charge in [0.2, 0.25) is 10.0 Å². The highest BCUT2D eigenvalue weighted by Crippen LogP contribution is 2.28. The van der Waals surface area contributed by atoms with Crippen molar-refractivity contribution in [2.75, 3.05) is 33.3 Å². The summed E-state index contributed by atoms with van der Waals surface area (Å²) in [5, 5.41) is 12.7. The maximum Gasteiger partial charge on any atom is 0.349 e. The van der Waals surface area contributed by atoms with Crippen LogP contribution < -0.4 is 9.46 Å². The molecule has 8 nitrogen and oxygen atoms in total. The Balaban J connectivity index is 1.45. The number of nitrogens with one attached hydrogen (secondary N) is 1. The number of sulfonamides is 1. The molecule has 1 aromatic heterocycles. The first-order valence-corrected chi connectivity index (χ1v) is 13.0. The van der Waals surface area contributed by atoms with Crippen molar-refractivity contribution in [2.24, 2.45) is 0 Å². The van der Waals surface area contributed by atoms with Crippen molar-refractivity contribution in [3.05, 3.63) is 44.6 Å². The number of thiophene rings is 1. The molecule has 0 bridgehead atoms. The number of carbonyl (C=O) groups excluding carboxylic acids is 1. The summed E-state index contributed by atoms with van der Waals surface area (Å²) in [7, 11) is -2.76. The highest BCUT2D eigenvalue weighted by Gasteiger charge is 2.26. The van der Waals surface area contributed by atoms with Gasteiger partial charge in [-0.05, 0) is 36.4 Å². The van der Waals surface area contributed by atoms with Crippen LogP contribution in [-0.2, 0) is 14.8 Å². The summed E-state index contributed by atoms with van der Waals surface area (Å²) in [6, 6.07) is 6.49. The zero-order chi connectivity index (χ0) is 23.3. The Bertz CT molecular complexity index is 1040. The van der Waals surface area contributed by atoms with Gasteiger partial charge in [-0.2, -0.15) is 0 Å². The quantitative estimate of drug-likeness (QED) is 0.487. The van der Waals surface area contributed by atoms with E-state index >= 15 is 0 Å². The van der Waals surface area contributed by atoms with Gasteiger partial charge in [0.1, 0.15) is 21.6 Å². The molecule has 0 unspecified atom stereocenters. The number of carbonyl (C=O) groups is 1. The number of rotatable bonds is 9. The van der Waals surface area contributed by atoms with Crippen LogP contribution in [0.15, 0.2) is 34.5 Å². The lowest BCUT2D eigenvalue weighted by atomic mass is 10.1. The topological polar surface area (TPSA) is 105 Å². The minimum atomic E-state index is -3.95. The average Bonchev–Trinajstić information content (AvgIpc) is 3.27. The fraction of sp³-hybridized carbons (Fsp3) is 0.450. The molecule has 2 heterocycles. The number of esters is 1. The first-order chi connectivity index (χ1) is 15.2. The standard InChI is InChI=1S/C20H24Cl2N2O6S2/c1-29-20(26)19-18(6-9-31-19)32(27,28)23-11-13(25)12-24-7-4-14(5-8-24)30-15-2-3-16(21)17(22)10-15/h2-3,6,9-10,13-14,23,25H,4-5,7-8,11-12H2,1H3/t13-/m0/s1. The van der Waals surface area contributed by atoms with E-state index in [1.54, 1.807) is 18.2 Å². The lowest BCUT2D eigenvalue weighted by molar-refractivity contribution is 0.0602. The van der Waals surface area contributed by atoms with E-state index in [0.717, 1.165) is 24.2 Å². The minimum Gasteiger partial charge on any atom is -0.490 e. The Kier molecular flexibility index (Phi) is 8.79. The summed E-state index contributed by atoms with van der Waals surface area (Å²) in [5.41, 5.74) is 0. The third-order valence-corrected chi connectivity index (χ3v) is 8.22. The van der Waals surface area contributed by atoms with Crippen LogP contribution in [0, 0.1) is 0 Å². The number of aliphatic hydroxyl groups is 1. The SMILES string of the molecule is COC(=O)c1sccc1S(=O)(=O)NC[C@H](O)CN1CCC(Oc2ccc(Cl)c(Cl)c2)CC1. The van der Waals surface area contributed by atoms with Crippen molar-refractivity contribution in [1.82, 2.24) is 9.62 Å². The van der Waals surface area contributed by atoms with Gasteiger partial charge in [-0.25, -0.2) is 17.9 Å². The summed E-state index contributed by atoms with van der Waals surface area (Å²) in [6.07, 6.45) is 0.638. The van der Waals surface area contributed by atoms with E-state index in [0.29, 0.717) is 35.4 Å². The van der Waals surface area contributed by atoms with Crippen molar-refractivity contribution < 1.29 is 27.8 Å². The number of ether oxygens (including phenoxy) is 2. The van der Waals surface area contributed by atoms with Crippen molar-refractivity contribution in [3.63, 3.8) is 0 Å². The molecule has 1 atom stereocenters. The van der Waals surface area contributed by atoms with Crippen LogP contribution in [0.5, 0.6) is 5.75 Å². The number of likely N-dealkylation sites (tertiary alicyclic amines) is 1. The van der Waals surface area contributed by atoms with Crippen LogP contribution in [0.25, 0.3) is 0 Å². The second-order valence-electron chi connectivity index (χ2n) is 7.31. The molecule has 2 aromatic rings. The Hall–Kier alpha value is -1.40. The van der Waals surface area contributed by atoms with Gasteiger partial charge in [-0.3, -0.25) is 0 Å². The van der Waals surface area contributed by atoms with Crippen LogP contribution in [0.3, 0.4) is 0 Å². The second-order valence-corrected chi connectivity index (χ2v) is 10.8. The maximum atomic E-state index is 12.5.